The van der Waals surface area contributed by atoms with Crippen molar-refractivity contribution in [2.24, 2.45) is 5.92 Å². The van der Waals surface area contributed by atoms with Crippen molar-refractivity contribution in [3.8, 4) is 6.07 Å². The van der Waals surface area contributed by atoms with E-state index in [1.54, 1.807) is 11.3 Å². The van der Waals surface area contributed by atoms with Crippen molar-refractivity contribution in [1.29, 1.82) is 5.26 Å². The van der Waals surface area contributed by atoms with E-state index in [-0.39, 0.29) is 0 Å². The van der Waals surface area contributed by atoms with Crippen LogP contribution in [0.15, 0.2) is 0 Å². The van der Waals surface area contributed by atoms with Gasteiger partial charge in [-0.3, -0.25) is 0 Å². The number of hydrogen-bond donors (Lipinski definition) is 0. The van der Waals surface area contributed by atoms with Crippen molar-refractivity contribution in [2.75, 3.05) is 18.0 Å². The Hall–Kier alpha value is -1.08. The molecule has 0 spiro atoms. The van der Waals surface area contributed by atoms with Gasteiger partial charge in [0.05, 0.1) is 5.69 Å². The van der Waals surface area contributed by atoms with Gasteiger partial charge in [0.25, 0.3) is 0 Å². The minimum atomic E-state index is 0.806. The first-order valence-electron chi connectivity index (χ1n) is 6.39. The van der Waals surface area contributed by atoms with E-state index in [1.165, 1.54) is 12.8 Å². The first-order chi connectivity index (χ1) is 8.24. The number of aromatic nitrogens is 1. The third-order valence-corrected chi connectivity index (χ3v) is 4.39. The van der Waals surface area contributed by atoms with Gasteiger partial charge in [-0.25, -0.2) is 4.98 Å². The van der Waals surface area contributed by atoms with E-state index in [0.29, 0.717) is 0 Å². The second-order valence-corrected chi connectivity index (χ2v) is 5.78. The third-order valence-electron chi connectivity index (χ3n) is 3.33. The molecule has 0 aromatic carbocycles. The highest BCUT2D eigenvalue weighted by molar-refractivity contribution is 7.16. The van der Waals surface area contributed by atoms with Crippen LogP contribution < -0.4 is 4.90 Å². The van der Waals surface area contributed by atoms with Crippen molar-refractivity contribution in [3.05, 3.63) is 10.6 Å². The summed E-state index contributed by atoms with van der Waals surface area (Å²) < 4.78 is 0. The molecule has 0 N–H and O–H groups in total. The highest BCUT2D eigenvalue weighted by Crippen LogP contribution is 2.29. The van der Waals surface area contributed by atoms with Crippen molar-refractivity contribution in [2.45, 2.75) is 39.5 Å². The Balaban J connectivity index is 2.13. The van der Waals surface area contributed by atoms with Crippen LogP contribution in [-0.2, 0) is 6.42 Å². The maximum absolute atomic E-state index is 9.10. The summed E-state index contributed by atoms with van der Waals surface area (Å²) in [6.07, 6.45) is 4.45. The van der Waals surface area contributed by atoms with Crippen LogP contribution in [0.5, 0.6) is 0 Å². The summed E-state index contributed by atoms with van der Waals surface area (Å²) in [7, 11) is 0. The number of nitrogens with zero attached hydrogens (tertiary/aromatic N) is 3. The average molecular weight is 249 g/mol. The molecule has 1 aromatic heterocycles. The molecule has 1 fully saturated rings. The highest BCUT2D eigenvalue weighted by atomic mass is 32.1. The smallest absolute Gasteiger partial charge is 0.186 e. The molecule has 1 aromatic rings. The van der Waals surface area contributed by atoms with Crippen LogP contribution in [0.4, 0.5) is 5.13 Å². The second-order valence-electron chi connectivity index (χ2n) is 4.80. The molecule has 17 heavy (non-hydrogen) atoms. The summed E-state index contributed by atoms with van der Waals surface area (Å²) in [5.74, 6) is 0.830. The van der Waals surface area contributed by atoms with Gasteiger partial charge < -0.3 is 4.90 Å². The maximum Gasteiger partial charge on any atom is 0.186 e. The number of thiazole rings is 1. The van der Waals surface area contributed by atoms with Gasteiger partial charge >= 0.3 is 0 Å². The fourth-order valence-electron chi connectivity index (χ4n) is 2.17. The van der Waals surface area contributed by atoms with Crippen LogP contribution in [0.1, 0.15) is 43.7 Å². The number of rotatable bonds is 3. The lowest BCUT2D eigenvalue weighted by molar-refractivity contribution is 0.438. The van der Waals surface area contributed by atoms with Gasteiger partial charge in [0.2, 0.25) is 0 Å². The molecular formula is C13H19N3S. The Kier molecular flexibility index (Phi) is 4.01. The van der Waals surface area contributed by atoms with E-state index < -0.39 is 0 Å². The van der Waals surface area contributed by atoms with E-state index in [0.717, 1.165) is 47.6 Å². The van der Waals surface area contributed by atoms with E-state index in [4.69, 9.17) is 5.26 Å². The lowest BCUT2D eigenvalue weighted by atomic mass is 10.00. The molecule has 2 rings (SSSR count). The molecule has 1 aliphatic rings. The standard InChI is InChI=1S/C13H19N3S/c1-3-4-11-12(9-14)17-13(15-11)16-7-5-10(2)6-8-16/h10H,3-8H2,1-2H3. The molecule has 92 valence electrons. The number of piperidine rings is 1. The average Bonchev–Trinajstić information content (AvgIpc) is 2.74. The molecule has 0 unspecified atom stereocenters. The topological polar surface area (TPSA) is 39.9 Å². The highest BCUT2D eigenvalue weighted by Gasteiger charge is 2.20. The van der Waals surface area contributed by atoms with Crippen LogP contribution in [0, 0.1) is 17.2 Å². The lowest BCUT2D eigenvalue weighted by Crippen LogP contribution is -2.32. The Labute approximate surface area is 107 Å². The number of aryl methyl sites for hydroxylation is 1. The maximum atomic E-state index is 9.10. The lowest BCUT2D eigenvalue weighted by Gasteiger charge is -2.29. The van der Waals surface area contributed by atoms with Crippen LogP contribution >= 0.6 is 11.3 Å². The SMILES string of the molecule is CCCc1nc(N2CCC(C)CC2)sc1C#N. The molecular weight excluding hydrogens is 230 g/mol. The Morgan fingerprint density at radius 2 is 2.18 bits per heavy atom. The summed E-state index contributed by atoms with van der Waals surface area (Å²) in [4.78, 5) is 7.79. The van der Waals surface area contributed by atoms with Crippen molar-refractivity contribution < 1.29 is 0 Å². The first kappa shape index (κ1) is 12.4. The molecule has 4 heteroatoms. The summed E-state index contributed by atoms with van der Waals surface area (Å²) in [6.45, 7) is 6.61. The molecule has 0 amide bonds. The summed E-state index contributed by atoms with van der Waals surface area (Å²) >= 11 is 1.56. The molecule has 2 heterocycles. The first-order valence-corrected chi connectivity index (χ1v) is 7.21. The molecule has 1 aliphatic heterocycles. The van der Waals surface area contributed by atoms with E-state index in [1.807, 2.05) is 0 Å². The zero-order valence-electron chi connectivity index (χ0n) is 10.6. The van der Waals surface area contributed by atoms with Crippen LogP contribution in [-0.4, -0.2) is 18.1 Å². The minimum Gasteiger partial charge on any atom is -0.348 e. The Morgan fingerprint density at radius 3 is 2.76 bits per heavy atom. The molecule has 3 nitrogen and oxygen atoms in total. The fraction of sp³-hybridized carbons (Fsp3) is 0.692. The predicted molar refractivity (Wildman–Crippen MR) is 71.4 cm³/mol. The third kappa shape index (κ3) is 2.78. The van der Waals surface area contributed by atoms with Gasteiger partial charge in [-0.2, -0.15) is 5.26 Å². The Morgan fingerprint density at radius 1 is 1.47 bits per heavy atom. The summed E-state index contributed by atoms with van der Waals surface area (Å²) in [6, 6.07) is 2.28. The zero-order valence-corrected chi connectivity index (χ0v) is 11.4. The van der Waals surface area contributed by atoms with Gasteiger partial charge in [-0.1, -0.05) is 31.6 Å². The Bertz CT molecular complexity index is 411. The van der Waals surface area contributed by atoms with Crippen LogP contribution in [0.3, 0.4) is 0 Å². The molecule has 0 radical (unpaired) electrons. The van der Waals surface area contributed by atoms with Crippen molar-refractivity contribution in [3.63, 3.8) is 0 Å². The normalized spacial score (nSPS) is 17.1. The monoisotopic (exact) mass is 249 g/mol. The largest absolute Gasteiger partial charge is 0.348 e. The van der Waals surface area contributed by atoms with Gasteiger partial charge in [-0.05, 0) is 25.2 Å². The molecule has 0 bridgehead atoms. The van der Waals surface area contributed by atoms with Crippen molar-refractivity contribution >= 4 is 16.5 Å². The van der Waals surface area contributed by atoms with E-state index in [2.05, 4.69) is 29.8 Å². The molecule has 0 aliphatic carbocycles. The van der Waals surface area contributed by atoms with Gasteiger partial charge in [0.1, 0.15) is 10.9 Å². The number of nitriles is 1. The quantitative estimate of drug-likeness (QED) is 0.826. The summed E-state index contributed by atoms with van der Waals surface area (Å²) in [5.41, 5.74) is 0.994. The number of hydrogen-bond acceptors (Lipinski definition) is 4. The van der Waals surface area contributed by atoms with Crippen molar-refractivity contribution in [1.82, 2.24) is 4.98 Å². The van der Waals surface area contributed by atoms with E-state index >= 15 is 0 Å². The summed E-state index contributed by atoms with van der Waals surface area (Å²) in [5, 5.41) is 10.2. The molecule has 0 saturated carbocycles. The molecule has 1 saturated heterocycles. The minimum absolute atomic E-state index is 0.806. The van der Waals surface area contributed by atoms with Gasteiger partial charge in [0.15, 0.2) is 5.13 Å². The second kappa shape index (κ2) is 5.50. The molecule has 0 atom stereocenters. The van der Waals surface area contributed by atoms with Gasteiger partial charge in [-0.15, -0.1) is 0 Å². The number of anilines is 1. The van der Waals surface area contributed by atoms with Crippen LogP contribution in [0.25, 0.3) is 0 Å². The van der Waals surface area contributed by atoms with Gasteiger partial charge in [0, 0.05) is 13.1 Å². The predicted octanol–water partition coefficient (Wildman–Crippen LogP) is 3.20. The zero-order chi connectivity index (χ0) is 12.3. The fourth-order valence-corrected chi connectivity index (χ4v) is 3.13. The van der Waals surface area contributed by atoms with Crippen LogP contribution in [0.2, 0.25) is 0 Å². The van der Waals surface area contributed by atoms with E-state index in [9.17, 15) is 0 Å².